The second kappa shape index (κ2) is 7.44. The molecule has 1 aromatic rings. The van der Waals surface area contributed by atoms with Crippen molar-refractivity contribution in [3.05, 3.63) is 40.0 Å². The van der Waals surface area contributed by atoms with E-state index in [1.165, 1.54) is 13.8 Å². The fourth-order valence-corrected chi connectivity index (χ4v) is 2.06. The Kier molecular flexibility index (Phi) is 6.88. The van der Waals surface area contributed by atoms with Crippen LogP contribution in [0.2, 0.25) is 0 Å². The van der Waals surface area contributed by atoms with E-state index in [1.54, 1.807) is 0 Å². The zero-order chi connectivity index (χ0) is 15.6. The summed E-state index contributed by atoms with van der Waals surface area (Å²) in [4.78, 5) is 2.76. The number of hydrogen-bond acceptors (Lipinski definition) is 3. The Labute approximate surface area is 130 Å². The van der Waals surface area contributed by atoms with E-state index in [0.29, 0.717) is 0 Å². The van der Waals surface area contributed by atoms with Crippen molar-refractivity contribution in [1.82, 2.24) is 0 Å². The molecule has 0 aromatic heterocycles. The molecular weight excluding hydrogens is 329 g/mol. The maximum Gasteiger partial charge on any atom is 0.230 e. The second-order valence-corrected chi connectivity index (χ2v) is 4.31. The summed E-state index contributed by atoms with van der Waals surface area (Å²) in [6, 6.07) is 1.15. The van der Waals surface area contributed by atoms with Gasteiger partial charge in [-0.05, 0) is 13.8 Å². The zero-order valence-corrected chi connectivity index (χ0v) is 12.1. The molecule has 1 rings (SSSR count). The number of nitrogens with zero attached hydrogens (tertiary/aromatic N) is 2. The van der Waals surface area contributed by atoms with E-state index < -0.39 is 52.4 Å². The Balaban J connectivity index is 0.00000400. The number of aliphatic hydroxyl groups is 2. The molecule has 4 nitrogen and oxygen atoms in total. The second-order valence-electron chi connectivity index (χ2n) is 4.31. The van der Waals surface area contributed by atoms with Gasteiger partial charge in [0.05, 0.1) is 18.8 Å². The van der Waals surface area contributed by atoms with Gasteiger partial charge in [-0.3, -0.25) is 0 Å². The van der Waals surface area contributed by atoms with E-state index >= 15 is 0 Å². The summed E-state index contributed by atoms with van der Waals surface area (Å²) >= 11 is 0. The Morgan fingerprint density at radius 2 is 1.57 bits per heavy atom. The van der Waals surface area contributed by atoms with Gasteiger partial charge in [0.25, 0.3) is 0 Å². The topological polar surface area (TPSA) is 68.6 Å². The smallest absolute Gasteiger partial charge is 0.230 e. The van der Waals surface area contributed by atoms with Crippen molar-refractivity contribution in [3.8, 4) is 6.07 Å². The number of nitriles is 1. The molecule has 2 unspecified atom stereocenters. The summed E-state index contributed by atoms with van der Waals surface area (Å²) in [5.74, 6) is -6.24. The molecule has 114 valence electrons. The third-order valence-electron chi connectivity index (χ3n) is 2.93. The van der Waals surface area contributed by atoms with Crippen LogP contribution in [-0.4, -0.2) is 22.4 Å². The van der Waals surface area contributed by atoms with E-state index in [0.717, 1.165) is 6.07 Å². The summed E-state index contributed by atoms with van der Waals surface area (Å²) < 4.78 is 41.5. The molecule has 0 heterocycles. The molecule has 0 amide bonds. The van der Waals surface area contributed by atoms with Crippen LogP contribution in [0.1, 0.15) is 30.9 Å². The quantitative estimate of drug-likeness (QED) is 0.504. The first kappa shape index (κ1) is 19.4. The average molecular weight is 340 g/mol. The van der Waals surface area contributed by atoms with Gasteiger partial charge in [-0.15, -0.1) is 0 Å². The predicted molar refractivity (Wildman–Crippen MR) is 63.4 cm³/mol. The Morgan fingerprint density at radius 1 is 1.10 bits per heavy atom. The number of hydrogen-bond donors (Lipinski definition) is 2. The van der Waals surface area contributed by atoms with Crippen LogP contribution >= 0.6 is 0 Å². The van der Waals surface area contributed by atoms with Crippen LogP contribution in [0.25, 0.3) is 4.85 Å². The van der Waals surface area contributed by atoms with E-state index in [9.17, 15) is 23.4 Å². The van der Waals surface area contributed by atoms with E-state index in [1.807, 2.05) is 0 Å². The zero-order valence-electron chi connectivity index (χ0n) is 11.0. The normalized spacial score (nSPS) is 14.3. The summed E-state index contributed by atoms with van der Waals surface area (Å²) in [7, 11) is 0. The first-order chi connectivity index (χ1) is 9.27. The van der Waals surface area contributed by atoms with E-state index in [-0.39, 0.29) is 17.1 Å². The van der Waals surface area contributed by atoms with Crippen LogP contribution in [-0.2, 0) is 17.1 Å². The molecule has 21 heavy (non-hydrogen) atoms. The van der Waals surface area contributed by atoms with Gasteiger partial charge < -0.3 is 10.2 Å². The van der Waals surface area contributed by atoms with Gasteiger partial charge >= 0.3 is 0 Å². The van der Waals surface area contributed by atoms with Crippen molar-refractivity contribution >= 4 is 5.69 Å². The molecule has 0 spiro atoms. The van der Waals surface area contributed by atoms with Gasteiger partial charge in [0, 0.05) is 28.6 Å². The first-order valence-electron chi connectivity index (χ1n) is 5.61. The molecule has 0 aliphatic carbocycles. The number of rotatable bonds is 3. The molecule has 0 saturated carbocycles. The minimum atomic E-state index is -1.74. The summed E-state index contributed by atoms with van der Waals surface area (Å²) in [6.07, 6.45) is -2.70. The predicted octanol–water partition coefficient (Wildman–Crippen LogP) is 2.37. The summed E-state index contributed by atoms with van der Waals surface area (Å²) in [5, 5.41) is 27.7. The molecule has 2 N–H and O–H groups in total. The molecule has 0 aliphatic rings. The van der Waals surface area contributed by atoms with Gasteiger partial charge in [-0.25, -0.2) is 18.0 Å². The van der Waals surface area contributed by atoms with Crippen molar-refractivity contribution < 1.29 is 40.5 Å². The standard InChI is InChI=1S/C13H11F3N2O2.Fe/c1-5(19)8(6(2)20)9-12(16)10(14)7(4-17)11(15)13(9)18-3;/h5-6,8,19-20H,1-2H3;. The van der Waals surface area contributed by atoms with Crippen LogP contribution in [0.5, 0.6) is 0 Å². The molecule has 0 bridgehead atoms. The minimum absolute atomic E-state index is 0. The third kappa shape index (κ3) is 3.37. The molecule has 0 radical (unpaired) electrons. The molecule has 1 aromatic carbocycles. The van der Waals surface area contributed by atoms with Crippen molar-refractivity contribution in [2.24, 2.45) is 0 Å². The number of aliphatic hydroxyl groups excluding tert-OH is 2. The molecule has 0 saturated heterocycles. The van der Waals surface area contributed by atoms with Crippen molar-refractivity contribution in [2.45, 2.75) is 32.0 Å². The van der Waals surface area contributed by atoms with Crippen LogP contribution in [0.4, 0.5) is 18.9 Å². The molecular formula is C13H11F3FeN2O2. The minimum Gasteiger partial charge on any atom is -0.393 e. The SMILES string of the molecule is [C-]#[N+]c1c(F)c(C#N)c(F)c(F)c1C(C(C)O)C(C)O.[Fe]. The van der Waals surface area contributed by atoms with Crippen LogP contribution < -0.4 is 0 Å². The van der Waals surface area contributed by atoms with Gasteiger partial charge in [0.2, 0.25) is 5.69 Å². The van der Waals surface area contributed by atoms with Gasteiger partial charge in [0.15, 0.2) is 17.5 Å². The average Bonchev–Trinajstić information content (AvgIpc) is 2.35. The summed E-state index contributed by atoms with van der Waals surface area (Å²) in [6.45, 7) is 9.25. The van der Waals surface area contributed by atoms with Gasteiger partial charge in [0.1, 0.15) is 11.6 Å². The van der Waals surface area contributed by atoms with Crippen molar-refractivity contribution in [2.75, 3.05) is 0 Å². The van der Waals surface area contributed by atoms with Crippen molar-refractivity contribution in [1.29, 1.82) is 5.26 Å². The first-order valence-corrected chi connectivity index (χ1v) is 5.61. The van der Waals surface area contributed by atoms with Gasteiger partial charge in [-0.2, -0.15) is 5.26 Å². The van der Waals surface area contributed by atoms with Crippen LogP contribution in [0, 0.1) is 35.4 Å². The fourth-order valence-electron chi connectivity index (χ4n) is 2.06. The molecule has 2 atom stereocenters. The Hall–Kier alpha value is -1.57. The largest absolute Gasteiger partial charge is 0.393 e. The number of benzene rings is 1. The maximum absolute atomic E-state index is 14.0. The molecule has 0 aliphatic heterocycles. The Bertz CT molecular complexity index is 614. The fraction of sp³-hybridized carbons (Fsp3) is 0.385. The van der Waals surface area contributed by atoms with E-state index in [4.69, 9.17) is 11.8 Å². The number of halogens is 3. The van der Waals surface area contributed by atoms with Crippen LogP contribution in [0.15, 0.2) is 0 Å². The molecule has 8 heteroatoms. The van der Waals surface area contributed by atoms with Gasteiger partial charge in [-0.1, -0.05) is 0 Å². The maximum atomic E-state index is 14.0. The Morgan fingerprint density at radius 3 is 1.90 bits per heavy atom. The third-order valence-corrected chi connectivity index (χ3v) is 2.93. The summed E-state index contributed by atoms with van der Waals surface area (Å²) in [5.41, 5.74) is -2.88. The van der Waals surface area contributed by atoms with Crippen molar-refractivity contribution in [3.63, 3.8) is 0 Å². The molecule has 0 fully saturated rings. The monoisotopic (exact) mass is 340 g/mol. The van der Waals surface area contributed by atoms with Crippen LogP contribution in [0.3, 0.4) is 0 Å². The van der Waals surface area contributed by atoms with E-state index in [2.05, 4.69) is 4.85 Å².